The highest BCUT2D eigenvalue weighted by molar-refractivity contribution is 6.05. The van der Waals surface area contributed by atoms with Crippen LogP contribution in [0.3, 0.4) is 0 Å². The van der Waals surface area contributed by atoms with Crippen molar-refractivity contribution in [3.05, 3.63) is 30.3 Å². The molecule has 0 bridgehead atoms. The Morgan fingerprint density at radius 3 is 2.30 bits per heavy atom. The number of rotatable bonds is 6. The highest BCUT2D eigenvalue weighted by atomic mass is 16.5. The normalized spacial score (nSPS) is 22.9. The maximum Gasteiger partial charge on any atom is 0.308 e. The van der Waals surface area contributed by atoms with Crippen molar-refractivity contribution < 1.29 is 23.9 Å². The van der Waals surface area contributed by atoms with E-state index >= 15 is 0 Å². The molecule has 3 rings (SSSR count). The van der Waals surface area contributed by atoms with Crippen LogP contribution in [0.4, 0.5) is 5.69 Å². The van der Waals surface area contributed by atoms with E-state index in [1.807, 2.05) is 6.07 Å². The van der Waals surface area contributed by atoms with Crippen LogP contribution < -0.4 is 5.32 Å². The number of carbonyl (C=O) groups excluding carboxylic acids is 4. The molecular formula is C20H24N2O5. The highest BCUT2D eigenvalue weighted by Gasteiger charge is 2.47. The van der Waals surface area contributed by atoms with Gasteiger partial charge in [0.1, 0.15) is 0 Å². The zero-order valence-corrected chi connectivity index (χ0v) is 15.3. The summed E-state index contributed by atoms with van der Waals surface area (Å²) >= 11 is 0. The van der Waals surface area contributed by atoms with Gasteiger partial charge in [-0.1, -0.05) is 31.0 Å². The summed E-state index contributed by atoms with van der Waals surface area (Å²) in [6.07, 6.45) is 2.33. The van der Waals surface area contributed by atoms with Gasteiger partial charge >= 0.3 is 5.97 Å². The number of nitrogens with one attached hydrogen (secondary N) is 1. The Balaban J connectivity index is 1.47. The first kappa shape index (κ1) is 19.1. The fourth-order valence-corrected chi connectivity index (χ4v) is 3.73. The standard InChI is InChI=1S/C20H24N2O5/c1-13(18(24)21-14-7-3-2-4-8-14)27-17(23)11-12-22-19(25)15-9-5-6-10-16(15)20(22)26/h2-4,7-8,13,15-16H,5-6,9-12H2,1H3,(H,21,24)/t13-,15-,16-/m0/s1. The molecule has 1 aromatic rings. The van der Waals surface area contributed by atoms with E-state index in [0.717, 1.165) is 25.7 Å². The molecular weight excluding hydrogens is 348 g/mol. The number of carbonyl (C=O) groups is 4. The number of esters is 1. The van der Waals surface area contributed by atoms with Gasteiger partial charge in [0.25, 0.3) is 5.91 Å². The molecule has 1 saturated carbocycles. The van der Waals surface area contributed by atoms with Gasteiger partial charge in [-0.15, -0.1) is 0 Å². The molecule has 1 N–H and O–H groups in total. The van der Waals surface area contributed by atoms with Crippen molar-refractivity contribution in [2.75, 3.05) is 11.9 Å². The fraction of sp³-hybridized carbons (Fsp3) is 0.500. The van der Waals surface area contributed by atoms with Gasteiger partial charge in [0.15, 0.2) is 6.10 Å². The molecule has 0 spiro atoms. The van der Waals surface area contributed by atoms with E-state index in [1.54, 1.807) is 24.3 Å². The number of imide groups is 1. The van der Waals surface area contributed by atoms with Crippen LogP contribution in [0.5, 0.6) is 0 Å². The van der Waals surface area contributed by atoms with Crippen LogP contribution in [-0.2, 0) is 23.9 Å². The summed E-state index contributed by atoms with van der Waals surface area (Å²) in [5.74, 6) is -1.84. The Morgan fingerprint density at radius 2 is 1.70 bits per heavy atom. The number of fused-ring (bicyclic) bond motifs is 1. The predicted molar refractivity (Wildman–Crippen MR) is 97.4 cm³/mol. The van der Waals surface area contributed by atoms with Crippen LogP contribution in [0.1, 0.15) is 39.0 Å². The summed E-state index contributed by atoms with van der Waals surface area (Å²) in [6.45, 7) is 1.49. The number of benzene rings is 1. The Hall–Kier alpha value is -2.70. The average molecular weight is 372 g/mol. The van der Waals surface area contributed by atoms with Crippen LogP contribution in [0.15, 0.2) is 30.3 Å². The number of hydrogen-bond acceptors (Lipinski definition) is 5. The number of nitrogens with zero attached hydrogens (tertiary/aromatic N) is 1. The van der Waals surface area contributed by atoms with Crippen LogP contribution in [-0.4, -0.2) is 41.2 Å². The minimum Gasteiger partial charge on any atom is -0.452 e. The zero-order valence-electron chi connectivity index (χ0n) is 15.3. The van der Waals surface area contributed by atoms with Crippen LogP contribution in [0, 0.1) is 11.8 Å². The number of para-hydroxylation sites is 1. The molecule has 1 aliphatic carbocycles. The second-order valence-corrected chi connectivity index (χ2v) is 7.06. The lowest BCUT2D eigenvalue weighted by atomic mass is 9.81. The molecule has 0 radical (unpaired) electrons. The van der Waals surface area contributed by atoms with Gasteiger partial charge in [-0.2, -0.15) is 0 Å². The minimum atomic E-state index is -0.967. The van der Waals surface area contributed by atoms with E-state index in [2.05, 4.69) is 5.32 Å². The van der Waals surface area contributed by atoms with Gasteiger partial charge in [0.05, 0.1) is 18.3 Å². The molecule has 27 heavy (non-hydrogen) atoms. The van der Waals surface area contributed by atoms with Crippen LogP contribution in [0.2, 0.25) is 0 Å². The largest absolute Gasteiger partial charge is 0.452 e. The van der Waals surface area contributed by atoms with Gasteiger partial charge in [-0.25, -0.2) is 0 Å². The number of ether oxygens (including phenoxy) is 1. The lowest BCUT2D eigenvalue weighted by molar-refractivity contribution is -0.154. The second-order valence-electron chi connectivity index (χ2n) is 7.06. The van der Waals surface area contributed by atoms with Crippen molar-refractivity contribution in [3.8, 4) is 0 Å². The van der Waals surface area contributed by atoms with Gasteiger partial charge in [0, 0.05) is 12.2 Å². The molecule has 1 aromatic carbocycles. The molecule has 1 saturated heterocycles. The molecule has 1 aliphatic heterocycles. The minimum absolute atomic E-state index is 0.0104. The van der Waals surface area contributed by atoms with E-state index in [4.69, 9.17) is 4.74 Å². The van der Waals surface area contributed by atoms with Gasteiger partial charge in [-0.05, 0) is 31.9 Å². The SMILES string of the molecule is C[C@H](OC(=O)CCN1C(=O)[C@H]2CCCC[C@@H]2C1=O)C(=O)Nc1ccccc1. The monoisotopic (exact) mass is 372 g/mol. The van der Waals surface area contributed by atoms with E-state index < -0.39 is 18.0 Å². The maximum atomic E-state index is 12.4. The van der Waals surface area contributed by atoms with Crippen molar-refractivity contribution in [1.29, 1.82) is 0 Å². The van der Waals surface area contributed by atoms with Gasteiger partial charge in [-0.3, -0.25) is 24.1 Å². The Labute approximate surface area is 158 Å². The van der Waals surface area contributed by atoms with Crippen LogP contribution in [0.25, 0.3) is 0 Å². The third kappa shape index (κ3) is 4.35. The quantitative estimate of drug-likeness (QED) is 0.610. The zero-order chi connectivity index (χ0) is 19.4. The number of likely N-dealkylation sites (tertiary alicyclic amines) is 1. The molecule has 0 unspecified atom stereocenters. The predicted octanol–water partition coefficient (Wildman–Crippen LogP) is 2.12. The smallest absolute Gasteiger partial charge is 0.308 e. The number of anilines is 1. The molecule has 7 heteroatoms. The topological polar surface area (TPSA) is 92.8 Å². The number of hydrogen-bond donors (Lipinski definition) is 1. The number of amides is 3. The maximum absolute atomic E-state index is 12.4. The lowest BCUT2D eigenvalue weighted by Gasteiger charge is -2.19. The summed E-state index contributed by atoms with van der Waals surface area (Å²) in [6, 6.07) is 8.87. The highest BCUT2D eigenvalue weighted by Crippen LogP contribution is 2.37. The summed E-state index contributed by atoms with van der Waals surface area (Å²) in [5, 5.41) is 2.66. The van der Waals surface area contributed by atoms with E-state index in [9.17, 15) is 19.2 Å². The molecule has 0 aromatic heterocycles. The molecule has 7 nitrogen and oxygen atoms in total. The Kier molecular flexibility index (Phi) is 5.88. The summed E-state index contributed by atoms with van der Waals surface area (Å²) in [7, 11) is 0. The Bertz CT molecular complexity index is 709. The fourth-order valence-electron chi connectivity index (χ4n) is 3.73. The van der Waals surface area contributed by atoms with E-state index in [0.29, 0.717) is 5.69 Å². The van der Waals surface area contributed by atoms with Crippen molar-refractivity contribution in [3.63, 3.8) is 0 Å². The van der Waals surface area contributed by atoms with E-state index in [-0.39, 0.29) is 36.6 Å². The van der Waals surface area contributed by atoms with Crippen molar-refractivity contribution in [2.24, 2.45) is 11.8 Å². The van der Waals surface area contributed by atoms with E-state index in [1.165, 1.54) is 11.8 Å². The van der Waals surface area contributed by atoms with Crippen molar-refractivity contribution in [2.45, 2.75) is 45.1 Å². The average Bonchev–Trinajstić information content (AvgIpc) is 2.91. The summed E-state index contributed by atoms with van der Waals surface area (Å²) in [4.78, 5) is 50.1. The summed E-state index contributed by atoms with van der Waals surface area (Å²) in [5.41, 5.74) is 0.612. The molecule has 3 atom stereocenters. The Morgan fingerprint density at radius 1 is 1.11 bits per heavy atom. The summed E-state index contributed by atoms with van der Waals surface area (Å²) < 4.78 is 5.13. The van der Waals surface area contributed by atoms with Crippen molar-refractivity contribution in [1.82, 2.24) is 4.90 Å². The third-order valence-electron chi connectivity index (χ3n) is 5.19. The van der Waals surface area contributed by atoms with Crippen LogP contribution >= 0.6 is 0 Å². The van der Waals surface area contributed by atoms with Gasteiger partial charge < -0.3 is 10.1 Å². The second kappa shape index (κ2) is 8.33. The first-order chi connectivity index (χ1) is 13.0. The lowest BCUT2D eigenvalue weighted by Crippen LogP contribution is -2.35. The molecule has 1 heterocycles. The molecule has 2 fully saturated rings. The molecule has 144 valence electrons. The van der Waals surface area contributed by atoms with Crippen molar-refractivity contribution >= 4 is 29.4 Å². The van der Waals surface area contributed by atoms with Gasteiger partial charge in [0.2, 0.25) is 11.8 Å². The first-order valence-electron chi connectivity index (χ1n) is 9.38. The third-order valence-corrected chi connectivity index (χ3v) is 5.19. The molecule has 2 aliphatic rings. The molecule has 3 amide bonds. The first-order valence-corrected chi connectivity index (χ1v) is 9.38.